The molecule has 1 fully saturated rings. The van der Waals surface area contributed by atoms with E-state index in [4.69, 9.17) is 4.74 Å². The van der Waals surface area contributed by atoms with Crippen LogP contribution in [0.15, 0.2) is 18.2 Å². The number of hydrogen-bond acceptors (Lipinski definition) is 5. The first-order valence-corrected chi connectivity index (χ1v) is 8.99. The lowest BCUT2D eigenvalue weighted by molar-refractivity contribution is -0.982. The highest BCUT2D eigenvalue weighted by Crippen LogP contribution is 2.18. The number of ether oxygens (including phenoxy) is 1. The topological polar surface area (TPSA) is 77.5 Å². The zero-order valence-electron chi connectivity index (χ0n) is 14.9. The molecule has 25 heavy (non-hydrogen) atoms. The molecule has 0 aliphatic carbocycles. The number of nitrogens with one attached hydrogen (secondary N) is 4. The standard InChI is InChI=1S/C18H24N6O/c1-12-5-6-16-15(8-12)13(2)21-18(22-16)23-17-19-10-24(11-20-17)9-14-4-3-7-25-14/h5-6,8,14H,3-4,7,9-11H2,1-2H3,(H2,19,20,21,22,23)/p+2/t14-/m0/s1. The van der Waals surface area contributed by atoms with Crippen molar-refractivity contribution in [3.63, 3.8) is 0 Å². The van der Waals surface area contributed by atoms with Gasteiger partial charge in [-0.2, -0.15) is 4.98 Å². The summed E-state index contributed by atoms with van der Waals surface area (Å²) in [5.74, 6) is 1.48. The van der Waals surface area contributed by atoms with Crippen molar-refractivity contribution in [3.8, 4) is 0 Å². The summed E-state index contributed by atoms with van der Waals surface area (Å²) in [4.78, 5) is 14.1. The average Bonchev–Trinajstić information content (AvgIpc) is 3.10. The minimum absolute atomic E-state index is 0.406. The van der Waals surface area contributed by atoms with Gasteiger partial charge < -0.3 is 4.74 Å². The van der Waals surface area contributed by atoms with E-state index in [0.29, 0.717) is 12.1 Å². The first-order valence-electron chi connectivity index (χ1n) is 8.99. The number of nitrogens with zero attached hydrogens (tertiary/aromatic N) is 2. The second kappa shape index (κ2) is 6.93. The fourth-order valence-corrected chi connectivity index (χ4v) is 3.47. The third kappa shape index (κ3) is 3.72. The van der Waals surface area contributed by atoms with Crippen LogP contribution >= 0.6 is 0 Å². The van der Waals surface area contributed by atoms with Crippen LogP contribution in [0.3, 0.4) is 0 Å². The Morgan fingerprint density at radius 1 is 1.36 bits per heavy atom. The highest BCUT2D eigenvalue weighted by molar-refractivity contribution is 5.89. The van der Waals surface area contributed by atoms with Crippen LogP contribution in [-0.4, -0.2) is 48.5 Å². The van der Waals surface area contributed by atoms with E-state index in [-0.39, 0.29) is 0 Å². The van der Waals surface area contributed by atoms with Crippen LogP contribution in [0.25, 0.3) is 10.9 Å². The second-order valence-corrected chi connectivity index (χ2v) is 6.95. The molecule has 4 N–H and O–H groups in total. The second-order valence-electron chi connectivity index (χ2n) is 6.95. The molecule has 0 radical (unpaired) electrons. The Bertz CT molecular complexity index is 799. The number of hydrogen-bond donors (Lipinski definition) is 4. The van der Waals surface area contributed by atoms with Gasteiger partial charge >= 0.3 is 5.96 Å². The molecule has 132 valence electrons. The average molecular weight is 342 g/mol. The van der Waals surface area contributed by atoms with E-state index in [1.807, 2.05) is 13.0 Å². The quantitative estimate of drug-likeness (QED) is 0.557. The summed E-state index contributed by atoms with van der Waals surface area (Å²) in [6.07, 6.45) is 2.78. The molecule has 7 heteroatoms. The molecule has 2 aliphatic rings. The first kappa shape index (κ1) is 16.2. The predicted octanol–water partition coefficient (Wildman–Crippen LogP) is -1.32. The van der Waals surface area contributed by atoms with Crippen molar-refractivity contribution in [2.45, 2.75) is 32.8 Å². The van der Waals surface area contributed by atoms with Gasteiger partial charge in [-0.15, -0.1) is 0 Å². The van der Waals surface area contributed by atoms with Gasteiger partial charge in [-0.25, -0.2) is 20.6 Å². The van der Waals surface area contributed by atoms with Crippen LogP contribution in [0.5, 0.6) is 0 Å². The Hall–Kier alpha value is -2.25. The van der Waals surface area contributed by atoms with Crippen molar-refractivity contribution in [2.75, 3.05) is 31.8 Å². The van der Waals surface area contributed by atoms with Gasteiger partial charge in [0.05, 0.1) is 11.2 Å². The number of benzene rings is 1. The lowest BCUT2D eigenvalue weighted by Gasteiger charge is -2.22. The van der Waals surface area contributed by atoms with E-state index in [1.54, 1.807) is 0 Å². The summed E-state index contributed by atoms with van der Waals surface area (Å²) in [5.41, 5.74) is 3.17. The molecule has 4 rings (SSSR count). The number of quaternary nitrogens is 1. The predicted molar refractivity (Wildman–Crippen MR) is 96.3 cm³/mol. The van der Waals surface area contributed by atoms with Crippen LogP contribution < -0.4 is 20.5 Å². The number of aryl methyl sites for hydroxylation is 2. The van der Waals surface area contributed by atoms with Crippen LogP contribution in [0.4, 0.5) is 5.95 Å². The van der Waals surface area contributed by atoms with Crippen molar-refractivity contribution in [1.29, 1.82) is 0 Å². The van der Waals surface area contributed by atoms with Crippen LogP contribution in [0.1, 0.15) is 24.1 Å². The molecule has 3 heterocycles. The lowest BCUT2D eigenvalue weighted by atomic mass is 10.1. The maximum Gasteiger partial charge on any atom is 0.359 e. The zero-order chi connectivity index (χ0) is 17.2. The molecule has 2 atom stereocenters. The van der Waals surface area contributed by atoms with Crippen LogP contribution in [0.2, 0.25) is 0 Å². The molecule has 1 unspecified atom stereocenters. The van der Waals surface area contributed by atoms with Gasteiger partial charge in [0.1, 0.15) is 12.6 Å². The molecule has 0 bridgehead atoms. The first-order chi connectivity index (χ1) is 12.2. The Kier molecular flexibility index (Phi) is 4.50. The van der Waals surface area contributed by atoms with Crippen molar-refractivity contribution in [1.82, 2.24) is 15.3 Å². The Morgan fingerprint density at radius 2 is 2.28 bits per heavy atom. The third-order valence-electron chi connectivity index (χ3n) is 4.85. The van der Waals surface area contributed by atoms with Crippen LogP contribution in [-0.2, 0) is 4.74 Å². The minimum atomic E-state index is 0.406. The number of anilines is 1. The van der Waals surface area contributed by atoms with E-state index < -0.39 is 0 Å². The Labute approximate surface area is 147 Å². The summed E-state index contributed by atoms with van der Waals surface area (Å²) in [6, 6.07) is 6.25. The maximum atomic E-state index is 5.72. The van der Waals surface area contributed by atoms with Gasteiger partial charge in [0.15, 0.2) is 13.3 Å². The summed E-state index contributed by atoms with van der Waals surface area (Å²) in [5, 5.41) is 7.76. The largest absolute Gasteiger partial charge is 0.372 e. The van der Waals surface area contributed by atoms with Crippen molar-refractivity contribution in [2.24, 2.45) is 0 Å². The van der Waals surface area contributed by atoms with E-state index >= 15 is 0 Å². The third-order valence-corrected chi connectivity index (χ3v) is 4.85. The number of rotatable bonds is 3. The van der Waals surface area contributed by atoms with Gasteiger partial charge in [-0.3, -0.25) is 4.90 Å². The van der Waals surface area contributed by atoms with E-state index in [1.165, 1.54) is 23.3 Å². The van der Waals surface area contributed by atoms with E-state index in [9.17, 15) is 0 Å². The molecular formula is C18H26N6O+2. The minimum Gasteiger partial charge on any atom is -0.372 e. The molecule has 7 nitrogen and oxygen atoms in total. The molecule has 1 aromatic heterocycles. The van der Waals surface area contributed by atoms with Crippen LogP contribution in [0, 0.1) is 13.8 Å². The SMILES string of the molecule is Cc1ccc2nc(NC3=[NH+]C[NH+](C[C@@H]4CCCO4)CN3)nc(C)c2c1. The number of aromatic nitrogens is 2. The van der Waals surface area contributed by atoms with Gasteiger partial charge in [0.2, 0.25) is 0 Å². The normalized spacial score (nSPS) is 23.4. The molecule has 2 aliphatic heterocycles. The summed E-state index contributed by atoms with van der Waals surface area (Å²) in [6.45, 7) is 7.78. The Morgan fingerprint density at radius 3 is 3.04 bits per heavy atom. The van der Waals surface area contributed by atoms with Gasteiger partial charge in [0.25, 0.3) is 5.95 Å². The van der Waals surface area contributed by atoms with Gasteiger partial charge in [-0.05, 0) is 38.8 Å². The molecular weight excluding hydrogens is 316 g/mol. The smallest absolute Gasteiger partial charge is 0.359 e. The van der Waals surface area contributed by atoms with Gasteiger partial charge in [-0.1, -0.05) is 11.6 Å². The van der Waals surface area contributed by atoms with Crippen molar-refractivity contribution < 1.29 is 14.6 Å². The fraction of sp³-hybridized carbons (Fsp3) is 0.500. The molecule has 0 amide bonds. The summed E-state index contributed by atoms with van der Waals surface area (Å²) >= 11 is 0. The molecule has 1 aromatic carbocycles. The lowest BCUT2D eigenvalue weighted by Crippen LogP contribution is -3.24. The summed E-state index contributed by atoms with van der Waals surface area (Å²) in [7, 11) is 0. The Balaban J connectivity index is 1.43. The number of guanidine groups is 1. The van der Waals surface area contributed by atoms with Crippen molar-refractivity contribution >= 4 is 22.8 Å². The van der Waals surface area contributed by atoms with Gasteiger partial charge in [0, 0.05) is 12.0 Å². The van der Waals surface area contributed by atoms with E-state index in [2.05, 4.69) is 44.7 Å². The highest BCUT2D eigenvalue weighted by atomic mass is 16.5. The zero-order valence-corrected chi connectivity index (χ0v) is 14.9. The molecule has 0 spiro atoms. The number of fused-ring (bicyclic) bond motifs is 1. The maximum absolute atomic E-state index is 5.72. The fourth-order valence-electron chi connectivity index (χ4n) is 3.47. The van der Waals surface area contributed by atoms with E-state index in [0.717, 1.165) is 49.0 Å². The monoisotopic (exact) mass is 342 g/mol. The molecule has 1 saturated heterocycles. The highest BCUT2D eigenvalue weighted by Gasteiger charge is 2.26. The molecule has 0 saturated carbocycles. The molecule has 2 aromatic rings. The summed E-state index contributed by atoms with van der Waals surface area (Å²) < 4.78 is 5.72. The van der Waals surface area contributed by atoms with Crippen molar-refractivity contribution in [3.05, 3.63) is 29.5 Å².